The smallest absolute Gasteiger partial charge is 0.181 e. The molecule has 4 heterocycles. The van der Waals surface area contributed by atoms with Crippen molar-refractivity contribution in [3.63, 3.8) is 0 Å². The molecule has 4 aromatic rings. The number of hydrogen-bond donors (Lipinski definition) is 0. The van der Waals surface area contributed by atoms with Gasteiger partial charge in [0.1, 0.15) is 11.5 Å². The molecule has 2 unspecified atom stereocenters. The van der Waals surface area contributed by atoms with Crippen LogP contribution in [0.15, 0.2) is 32.6 Å². The van der Waals surface area contributed by atoms with Gasteiger partial charge in [-0.1, -0.05) is 196 Å². The first-order valence-corrected chi connectivity index (χ1v) is 21.6. The molecule has 0 aliphatic heterocycles. The Morgan fingerprint density at radius 1 is 0.400 bits per heavy atom. The normalized spacial score (nSPS) is 15.4. The van der Waals surface area contributed by atoms with Crippen LogP contribution in [0.25, 0.3) is 0 Å². The molecule has 0 aliphatic rings. The van der Waals surface area contributed by atoms with Crippen LogP contribution in [0.3, 0.4) is 0 Å². The van der Waals surface area contributed by atoms with Crippen LogP contribution >= 0.6 is 22.7 Å². The fourth-order valence-electron chi connectivity index (χ4n) is 5.05. The molecule has 4 aromatic heterocycles. The third-order valence-corrected chi connectivity index (χ3v) is 8.79. The van der Waals surface area contributed by atoms with E-state index in [4.69, 9.17) is 17.1 Å². The van der Waals surface area contributed by atoms with Crippen molar-refractivity contribution in [2.45, 2.75) is 243 Å². The summed E-state index contributed by atoms with van der Waals surface area (Å²) in [5, 5.41) is 0. The van der Waals surface area contributed by atoms with E-state index >= 15 is 0 Å². The number of aromatic nitrogens is 4. The van der Waals surface area contributed by atoms with E-state index in [1.54, 1.807) is 16.8 Å². The molecule has 0 amide bonds. The zero-order valence-electron chi connectivity index (χ0n) is 45.9. The third kappa shape index (κ3) is 25.0. The fraction of sp³-hybridized carbons (Fsp3) is 0.769. The summed E-state index contributed by atoms with van der Waals surface area (Å²) in [7, 11) is 0. The molecule has 60 heavy (non-hydrogen) atoms. The highest BCUT2D eigenvalue weighted by molar-refractivity contribution is 7.10. The molecule has 352 valence electrons. The maximum Gasteiger partial charge on any atom is 0.181 e. The number of thiazole rings is 2. The Hall–Kier alpha value is -2.32. The van der Waals surface area contributed by atoms with Crippen molar-refractivity contribution in [3.8, 4) is 0 Å². The summed E-state index contributed by atoms with van der Waals surface area (Å²) in [6, 6.07) is 0. The summed E-state index contributed by atoms with van der Waals surface area (Å²) in [4.78, 5) is 19.1. The predicted octanol–water partition coefficient (Wildman–Crippen LogP) is 17.7. The molecule has 0 aliphatic carbocycles. The van der Waals surface area contributed by atoms with Gasteiger partial charge in [-0.05, 0) is 34.4 Å². The molecule has 8 heteroatoms. The van der Waals surface area contributed by atoms with Gasteiger partial charge in [0.15, 0.2) is 12.8 Å². The monoisotopic (exact) mass is 883 g/mol. The topological polar surface area (TPSA) is 77.8 Å². The standard InChI is InChI=1S/2C12H21NO.2C12H21NS.4CH4/c4*1-11(2,3)7-9-10(12(4,5)6)13-8-14-9;;;;/h4*8H,7H2,1-6H3;4*1H4/i7D2;7D;7D2;7D;;;;. The Labute approximate surface area is 390 Å². The van der Waals surface area contributed by atoms with Crippen molar-refractivity contribution in [2.75, 3.05) is 0 Å². The second-order valence-electron chi connectivity index (χ2n) is 23.0. The largest absolute Gasteiger partial charge is 0.448 e. The van der Waals surface area contributed by atoms with Gasteiger partial charge >= 0.3 is 0 Å². The Balaban J connectivity index is -0.000000381. The lowest BCUT2D eigenvalue weighted by Gasteiger charge is -2.22. The molecule has 6 nitrogen and oxygen atoms in total. The molecule has 0 spiro atoms. The molecule has 0 saturated carbocycles. The van der Waals surface area contributed by atoms with Crippen molar-refractivity contribution < 1.29 is 17.1 Å². The average molecular weight is 884 g/mol. The van der Waals surface area contributed by atoms with Crippen molar-refractivity contribution in [2.24, 2.45) is 21.7 Å². The number of nitrogens with zero attached hydrogens (tertiary/aromatic N) is 4. The van der Waals surface area contributed by atoms with Gasteiger partial charge in [0.05, 0.1) is 33.8 Å². The van der Waals surface area contributed by atoms with Gasteiger partial charge in [0.25, 0.3) is 0 Å². The van der Waals surface area contributed by atoms with E-state index in [9.17, 15) is 0 Å². The van der Waals surface area contributed by atoms with Crippen LogP contribution in [0.5, 0.6) is 0 Å². The number of hydrogen-bond acceptors (Lipinski definition) is 8. The molecule has 2 atom stereocenters. The first kappa shape index (κ1) is 52.0. The second-order valence-corrected chi connectivity index (χ2v) is 24.7. The van der Waals surface area contributed by atoms with Crippen molar-refractivity contribution in [1.82, 2.24) is 19.9 Å². The van der Waals surface area contributed by atoms with Crippen molar-refractivity contribution >= 4 is 22.7 Å². The van der Waals surface area contributed by atoms with Crippen LogP contribution in [-0.2, 0) is 47.2 Å². The van der Waals surface area contributed by atoms with E-state index < -0.39 is 23.6 Å². The second kappa shape index (κ2) is 23.9. The maximum atomic E-state index is 8.29. The van der Waals surface area contributed by atoms with Crippen LogP contribution in [0.4, 0.5) is 0 Å². The van der Waals surface area contributed by atoms with Gasteiger partial charge in [-0.25, -0.2) is 19.9 Å². The summed E-state index contributed by atoms with van der Waals surface area (Å²) >= 11 is 3.04. The SMILES string of the molecule is C.C.C.C.[2H]C([2H])(c1ocnc1C(C)(C)C)C(C)(C)C.[2H]C([2H])(c1scnc1C(C)(C)C)C(C)(C)C.[2H]C(c1ocnc1C(C)(C)C)C(C)(C)C.[2H]C(c1scnc1C(C)(C)C)C(C)(C)C. The molecular formula is C52H100N4O2S2. The van der Waals surface area contributed by atoms with Gasteiger partial charge in [-0.3, -0.25) is 0 Å². The number of rotatable bonds is 4. The molecule has 0 saturated heterocycles. The van der Waals surface area contributed by atoms with Crippen LogP contribution in [0.2, 0.25) is 0 Å². The minimum absolute atomic E-state index is 0. The molecular weight excluding hydrogens is 777 g/mol. The predicted molar refractivity (Wildman–Crippen MR) is 272 cm³/mol. The molecule has 0 bridgehead atoms. The first-order valence-electron chi connectivity index (χ1n) is 23.0. The highest BCUT2D eigenvalue weighted by Gasteiger charge is 2.28. The van der Waals surface area contributed by atoms with Gasteiger partial charge in [-0.15, -0.1) is 22.7 Å². The highest BCUT2D eigenvalue weighted by Crippen LogP contribution is 2.34. The third-order valence-electron chi connectivity index (χ3n) is 7.27. The van der Waals surface area contributed by atoms with Crippen LogP contribution in [0.1, 0.15) is 248 Å². The molecule has 0 aromatic carbocycles. The van der Waals surface area contributed by atoms with Gasteiger partial charge < -0.3 is 8.83 Å². The Morgan fingerprint density at radius 3 is 1.05 bits per heavy atom. The molecule has 0 fully saturated rings. The average Bonchev–Trinajstić information content (AvgIpc) is 3.87. The number of oxazole rings is 2. The quantitative estimate of drug-likeness (QED) is 0.203. The zero-order valence-corrected chi connectivity index (χ0v) is 41.5. The summed E-state index contributed by atoms with van der Waals surface area (Å²) in [6.45, 7) is 48.8. The minimum Gasteiger partial charge on any atom is -0.448 e. The van der Waals surface area contributed by atoms with Crippen LogP contribution < -0.4 is 0 Å². The van der Waals surface area contributed by atoms with E-state index in [1.807, 2.05) is 88.6 Å². The summed E-state index contributed by atoms with van der Waals surface area (Å²) in [5.41, 5.74) is 5.77. The van der Waals surface area contributed by atoms with E-state index in [-0.39, 0.29) is 75.0 Å². The lowest BCUT2D eigenvalue weighted by molar-refractivity contribution is 0.355. The Morgan fingerprint density at radius 2 is 0.717 bits per heavy atom. The van der Waals surface area contributed by atoms with Gasteiger partial charge in [0, 0.05) is 52.4 Å². The van der Waals surface area contributed by atoms with Gasteiger partial charge in [0.2, 0.25) is 0 Å². The summed E-state index contributed by atoms with van der Waals surface area (Å²) in [6.07, 6.45) is -0.626. The first-order chi connectivity index (χ1) is 27.2. The van der Waals surface area contributed by atoms with Crippen LogP contribution in [0, 0.1) is 21.7 Å². The maximum absolute atomic E-state index is 8.29. The van der Waals surface area contributed by atoms with Gasteiger partial charge in [-0.2, -0.15) is 0 Å². The summed E-state index contributed by atoms with van der Waals surface area (Å²) in [5.74, 6) is 1.06. The summed E-state index contributed by atoms with van der Waals surface area (Å²) < 4.78 is 60.1. The highest BCUT2D eigenvalue weighted by atomic mass is 32.1. The van der Waals surface area contributed by atoms with Crippen LogP contribution in [-0.4, -0.2) is 19.9 Å². The van der Waals surface area contributed by atoms with E-state index in [0.717, 1.165) is 26.8 Å². The van der Waals surface area contributed by atoms with Crippen molar-refractivity contribution in [1.29, 1.82) is 0 Å². The van der Waals surface area contributed by atoms with E-state index in [0.29, 0.717) is 17.2 Å². The van der Waals surface area contributed by atoms with E-state index in [1.165, 1.54) is 24.1 Å². The Bertz CT molecular complexity index is 1830. The fourth-order valence-corrected chi connectivity index (χ4v) is 7.31. The molecule has 0 N–H and O–H groups in total. The minimum atomic E-state index is -1.52. The lowest BCUT2D eigenvalue weighted by atomic mass is 9.85. The molecule has 4 rings (SSSR count). The lowest BCUT2D eigenvalue weighted by Crippen LogP contribution is -2.17. The zero-order chi connectivity index (χ0) is 49.3. The Kier molecular flexibility index (Phi) is 20.8. The van der Waals surface area contributed by atoms with E-state index in [2.05, 4.69) is 103 Å². The van der Waals surface area contributed by atoms with Crippen molar-refractivity contribution in [3.05, 3.63) is 67.9 Å². The molecule has 0 radical (unpaired) electrons.